The predicted octanol–water partition coefficient (Wildman–Crippen LogP) is 1.80. The van der Waals surface area contributed by atoms with Crippen molar-refractivity contribution < 1.29 is 18.7 Å². The fourth-order valence-electron chi connectivity index (χ4n) is 3.76. The quantitative estimate of drug-likeness (QED) is 0.816. The second-order valence-electron chi connectivity index (χ2n) is 5.77. The number of halogens is 1. The van der Waals surface area contributed by atoms with Crippen LogP contribution < -0.4 is 5.32 Å². The van der Waals surface area contributed by atoms with E-state index in [0.717, 1.165) is 16.6 Å². The van der Waals surface area contributed by atoms with Gasteiger partial charge in [0.2, 0.25) is 5.91 Å². The molecule has 0 bridgehead atoms. The van der Waals surface area contributed by atoms with Crippen LogP contribution in [0.1, 0.15) is 28.5 Å². The molecule has 0 saturated carbocycles. The van der Waals surface area contributed by atoms with Gasteiger partial charge in [-0.2, -0.15) is 0 Å². The monoisotopic (exact) mass is 302 g/mol. The van der Waals surface area contributed by atoms with Gasteiger partial charge in [0.1, 0.15) is 5.82 Å². The average Bonchev–Trinajstić information content (AvgIpc) is 2.85. The highest BCUT2D eigenvalue weighted by Gasteiger charge is 2.43. The van der Waals surface area contributed by atoms with Gasteiger partial charge in [0.05, 0.1) is 24.6 Å². The van der Waals surface area contributed by atoms with Crippen LogP contribution in [0.15, 0.2) is 18.2 Å². The highest BCUT2D eigenvalue weighted by Crippen LogP contribution is 2.41. The minimum absolute atomic E-state index is 0.0952. The number of hydrogen-bond donors (Lipinski definition) is 1. The van der Waals surface area contributed by atoms with Gasteiger partial charge in [-0.25, -0.2) is 4.39 Å². The minimum Gasteiger partial charge on any atom is -0.469 e. The summed E-state index contributed by atoms with van der Waals surface area (Å²) in [6.07, 6.45) is 0.803. The summed E-state index contributed by atoms with van der Waals surface area (Å²) in [5.41, 5.74) is 2.46. The summed E-state index contributed by atoms with van der Waals surface area (Å²) in [7, 11) is 1.33. The number of aromatic nitrogens is 1. The van der Waals surface area contributed by atoms with E-state index in [4.69, 9.17) is 4.74 Å². The van der Waals surface area contributed by atoms with Crippen molar-refractivity contribution in [2.45, 2.75) is 18.9 Å². The molecule has 4 rings (SSSR count). The van der Waals surface area contributed by atoms with Gasteiger partial charge in [0.25, 0.3) is 0 Å². The first kappa shape index (κ1) is 13.5. The van der Waals surface area contributed by atoms with Crippen molar-refractivity contribution >= 4 is 22.8 Å². The lowest BCUT2D eigenvalue weighted by atomic mass is 9.85. The molecule has 0 fully saturated rings. The lowest BCUT2D eigenvalue weighted by Crippen LogP contribution is -2.44. The zero-order chi connectivity index (χ0) is 15.4. The smallest absolute Gasteiger partial charge is 0.311 e. The first-order chi connectivity index (χ1) is 10.6. The van der Waals surface area contributed by atoms with Crippen LogP contribution >= 0.6 is 0 Å². The zero-order valence-electron chi connectivity index (χ0n) is 12.1. The van der Waals surface area contributed by atoms with Gasteiger partial charge >= 0.3 is 5.97 Å². The largest absolute Gasteiger partial charge is 0.469 e. The molecule has 5 nitrogen and oxygen atoms in total. The van der Waals surface area contributed by atoms with Crippen LogP contribution in [0, 0.1) is 11.7 Å². The zero-order valence-corrected chi connectivity index (χ0v) is 12.1. The van der Waals surface area contributed by atoms with E-state index >= 15 is 0 Å². The molecule has 114 valence electrons. The van der Waals surface area contributed by atoms with E-state index in [2.05, 4.69) is 5.32 Å². The normalized spacial score (nSPS) is 23.5. The molecule has 3 heterocycles. The van der Waals surface area contributed by atoms with E-state index in [1.165, 1.54) is 19.2 Å². The van der Waals surface area contributed by atoms with E-state index in [1.807, 2.05) is 0 Å². The molecule has 2 aromatic rings. The Morgan fingerprint density at radius 3 is 3.05 bits per heavy atom. The summed E-state index contributed by atoms with van der Waals surface area (Å²) in [6.45, 7) is 0.689. The molecule has 2 aliphatic heterocycles. The van der Waals surface area contributed by atoms with Crippen LogP contribution in [0.5, 0.6) is 0 Å². The second kappa shape index (κ2) is 4.64. The number of nitrogens with zero attached hydrogens (tertiary/aromatic N) is 1. The SMILES string of the molecule is COC(=O)C1CC(=O)n2c3c(c4cc(F)ccc42)CCNC31. The van der Waals surface area contributed by atoms with E-state index in [0.29, 0.717) is 18.5 Å². The minimum atomic E-state index is -0.529. The van der Waals surface area contributed by atoms with Crippen molar-refractivity contribution in [3.63, 3.8) is 0 Å². The molecule has 6 heteroatoms. The Bertz CT molecular complexity index is 811. The molecular weight excluding hydrogens is 287 g/mol. The third kappa shape index (κ3) is 1.67. The number of rotatable bonds is 1. The molecule has 1 aromatic carbocycles. The number of benzene rings is 1. The van der Waals surface area contributed by atoms with Crippen molar-refractivity contribution in [3.8, 4) is 0 Å². The van der Waals surface area contributed by atoms with Crippen LogP contribution in [-0.2, 0) is 16.0 Å². The first-order valence-electron chi connectivity index (χ1n) is 7.29. The highest BCUT2D eigenvalue weighted by atomic mass is 19.1. The molecule has 22 heavy (non-hydrogen) atoms. The molecule has 0 aliphatic carbocycles. The van der Waals surface area contributed by atoms with Crippen molar-refractivity contribution in [3.05, 3.63) is 35.3 Å². The maximum absolute atomic E-state index is 13.6. The maximum atomic E-state index is 13.6. The van der Waals surface area contributed by atoms with E-state index in [1.54, 1.807) is 10.6 Å². The summed E-state index contributed by atoms with van der Waals surface area (Å²) in [4.78, 5) is 24.6. The Morgan fingerprint density at radius 1 is 1.45 bits per heavy atom. The fourth-order valence-corrected chi connectivity index (χ4v) is 3.76. The number of methoxy groups -OCH3 is 1. The van der Waals surface area contributed by atoms with E-state index < -0.39 is 5.92 Å². The van der Waals surface area contributed by atoms with Gasteiger partial charge in [-0.05, 0) is 36.7 Å². The van der Waals surface area contributed by atoms with Gasteiger partial charge in [0, 0.05) is 17.5 Å². The number of carbonyl (C=O) groups excluding carboxylic acids is 2. The van der Waals surface area contributed by atoms with E-state index in [-0.39, 0.29) is 30.2 Å². The second-order valence-corrected chi connectivity index (χ2v) is 5.77. The fraction of sp³-hybridized carbons (Fsp3) is 0.375. The van der Waals surface area contributed by atoms with Crippen LogP contribution in [0.25, 0.3) is 10.9 Å². The van der Waals surface area contributed by atoms with Gasteiger partial charge < -0.3 is 10.1 Å². The molecule has 0 saturated heterocycles. The summed E-state index contributed by atoms with van der Waals surface area (Å²) in [5, 5.41) is 4.08. The molecule has 2 unspecified atom stereocenters. The average molecular weight is 302 g/mol. The Labute approximate surface area is 126 Å². The number of nitrogens with one attached hydrogen (secondary N) is 1. The molecule has 0 amide bonds. The standard InChI is InChI=1S/C16H15FN2O3/c1-22-16(21)11-7-13(20)19-12-3-2-8(17)6-10(12)9-4-5-18-14(11)15(9)19/h2-3,6,11,14,18H,4-5,7H2,1H3. The lowest BCUT2D eigenvalue weighted by Gasteiger charge is -2.34. The van der Waals surface area contributed by atoms with Crippen LogP contribution in [0.3, 0.4) is 0 Å². The summed E-state index contributed by atoms with van der Waals surface area (Å²) in [6, 6.07) is 4.21. The van der Waals surface area contributed by atoms with Crippen molar-refractivity contribution in [1.29, 1.82) is 0 Å². The molecule has 2 aliphatic rings. The van der Waals surface area contributed by atoms with Gasteiger partial charge in [0.15, 0.2) is 0 Å². The van der Waals surface area contributed by atoms with Crippen molar-refractivity contribution in [2.24, 2.45) is 5.92 Å². The number of ether oxygens (including phenoxy) is 1. The Balaban J connectivity index is 2.00. The predicted molar refractivity (Wildman–Crippen MR) is 77.1 cm³/mol. The number of carbonyl (C=O) groups is 2. The maximum Gasteiger partial charge on any atom is 0.311 e. The van der Waals surface area contributed by atoms with Gasteiger partial charge in [-0.15, -0.1) is 0 Å². The summed E-state index contributed by atoms with van der Waals surface area (Å²) in [5.74, 6) is -1.38. The molecule has 0 radical (unpaired) electrons. The molecular formula is C16H15FN2O3. The number of esters is 1. The van der Waals surface area contributed by atoms with Gasteiger partial charge in [-0.1, -0.05) is 0 Å². The Morgan fingerprint density at radius 2 is 2.27 bits per heavy atom. The summed E-state index contributed by atoms with van der Waals surface area (Å²) >= 11 is 0. The van der Waals surface area contributed by atoms with Crippen LogP contribution in [-0.4, -0.2) is 30.1 Å². The first-order valence-corrected chi connectivity index (χ1v) is 7.29. The molecule has 1 aromatic heterocycles. The van der Waals surface area contributed by atoms with Gasteiger partial charge in [-0.3, -0.25) is 14.2 Å². The Kier molecular flexibility index (Phi) is 2.84. The van der Waals surface area contributed by atoms with E-state index in [9.17, 15) is 14.0 Å². The Hall–Kier alpha value is -2.21. The highest BCUT2D eigenvalue weighted by molar-refractivity contribution is 5.99. The lowest BCUT2D eigenvalue weighted by molar-refractivity contribution is -0.147. The van der Waals surface area contributed by atoms with Crippen LogP contribution in [0.4, 0.5) is 4.39 Å². The van der Waals surface area contributed by atoms with Crippen molar-refractivity contribution in [1.82, 2.24) is 9.88 Å². The van der Waals surface area contributed by atoms with Crippen molar-refractivity contribution in [2.75, 3.05) is 13.7 Å². The third-order valence-electron chi connectivity index (χ3n) is 4.66. The number of fused-ring (bicyclic) bond motifs is 3. The van der Waals surface area contributed by atoms with Crippen LogP contribution in [0.2, 0.25) is 0 Å². The topological polar surface area (TPSA) is 60.3 Å². The summed E-state index contributed by atoms with van der Waals surface area (Å²) < 4.78 is 20.1. The number of hydrogen-bond acceptors (Lipinski definition) is 4. The molecule has 0 spiro atoms. The molecule has 1 N–H and O–H groups in total. The third-order valence-corrected chi connectivity index (χ3v) is 4.66. The molecule has 2 atom stereocenters.